The largest absolute Gasteiger partial charge is 0.352 e. The second kappa shape index (κ2) is 16.1. The molecule has 4 aromatic carbocycles. The van der Waals surface area contributed by atoms with E-state index in [2.05, 4.69) is 5.32 Å². The van der Waals surface area contributed by atoms with Gasteiger partial charge in [0.25, 0.3) is 10.0 Å². The van der Waals surface area contributed by atoms with Crippen molar-refractivity contribution in [2.45, 2.75) is 63.6 Å². The van der Waals surface area contributed by atoms with Gasteiger partial charge in [-0.2, -0.15) is 0 Å². The topological polar surface area (TPSA) is 86.8 Å². The van der Waals surface area contributed by atoms with Gasteiger partial charge < -0.3 is 10.2 Å². The van der Waals surface area contributed by atoms with Gasteiger partial charge in [0.05, 0.1) is 10.6 Å². The molecule has 4 aromatic rings. The normalized spacial score (nSPS) is 12.6. The molecule has 2 unspecified atom stereocenters. The highest BCUT2D eigenvalue weighted by Crippen LogP contribution is 2.29. The molecule has 4 rings (SSSR count). The Labute approximate surface area is 282 Å². The van der Waals surface area contributed by atoms with Crippen LogP contribution in [0.2, 0.25) is 10.0 Å². The van der Waals surface area contributed by atoms with Crippen LogP contribution in [0.25, 0.3) is 0 Å². The third-order valence-corrected chi connectivity index (χ3v) is 10.4. The van der Waals surface area contributed by atoms with Crippen molar-refractivity contribution in [1.82, 2.24) is 10.2 Å². The lowest BCUT2D eigenvalue weighted by Crippen LogP contribution is -2.54. The highest BCUT2D eigenvalue weighted by molar-refractivity contribution is 7.92. The van der Waals surface area contributed by atoms with Gasteiger partial charge in [-0.15, -0.1) is 0 Å². The fourth-order valence-corrected chi connectivity index (χ4v) is 6.95. The van der Waals surface area contributed by atoms with Gasteiger partial charge in [0.1, 0.15) is 12.6 Å². The third-order valence-electron chi connectivity index (χ3n) is 7.90. The number of sulfonamides is 1. The van der Waals surface area contributed by atoms with Crippen LogP contribution < -0.4 is 9.62 Å². The highest BCUT2D eigenvalue weighted by atomic mass is 35.5. The van der Waals surface area contributed by atoms with Gasteiger partial charge in [0.15, 0.2) is 0 Å². The molecule has 0 aliphatic rings. The maximum atomic E-state index is 14.6. The maximum Gasteiger partial charge on any atom is 0.264 e. The van der Waals surface area contributed by atoms with Gasteiger partial charge in [0.2, 0.25) is 11.8 Å². The predicted molar refractivity (Wildman–Crippen MR) is 186 cm³/mol. The summed E-state index contributed by atoms with van der Waals surface area (Å²) in [6.45, 7) is 5.18. The molecule has 46 heavy (non-hydrogen) atoms. The number of rotatable bonds is 14. The second-order valence-electron chi connectivity index (χ2n) is 11.1. The quantitative estimate of drug-likeness (QED) is 0.151. The van der Waals surface area contributed by atoms with Crippen LogP contribution in [0.5, 0.6) is 0 Å². The van der Waals surface area contributed by atoms with E-state index >= 15 is 0 Å². The zero-order valence-corrected chi connectivity index (χ0v) is 28.5. The van der Waals surface area contributed by atoms with E-state index in [0.29, 0.717) is 27.7 Å². The van der Waals surface area contributed by atoms with Crippen LogP contribution in [0.4, 0.5) is 5.69 Å². The number of halogens is 2. The molecule has 0 radical (unpaired) electrons. The van der Waals surface area contributed by atoms with Gasteiger partial charge in [0, 0.05) is 34.6 Å². The summed E-state index contributed by atoms with van der Waals surface area (Å²) in [4.78, 5) is 30.0. The standard InChI is InChI=1S/C36H39Cl2N3O4S/c1-4-26(3)39-36(43)34(23-28-13-8-6-9-14-28)40(24-31-32(37)17-12-18-33(31)38)35(42)25-41(29-21-19-27(5-2)20-22-29)46(44,45)30-15-10-7-11-16-30/h6-22,26,34H,4-5,23-25H2,1-3H3,(H,39,43). The number of nitrogens with one attached hydrogen (secondary N) is 1. The number of anilines is 1. The molecule has 0 spiro atoms. The molecule has 0 fully saturated rings. The fourth-order valence-electron chi connectivity index (χ4n) is 5.00. The number of nitrogens with zero attached hydrogens (tertiary/aromatic N) is 2. The molecule has 242 valence electrons. The Morgan fingerprint density at radius 3 is 1.93 bits per heavy atom. The molecule has 2 atom stereocenters. The molecule has 0 bridgehead atoms. The van der Waals surface area contributed by atoms with Crippen LogP contribution in [0, 0.1) is 0 Å². The Bertz CT molecular complexity index is 1700. The molecule has 1 N–H and O–H groups in total. The van der Waals surface area contributed by atoms with Gasteiger partial charge in [-0.25, -0.2) is 8.42 Å². The molecule has 0 aromatic heterocycles. The number of hydrogen-bond donors (Lipinski definition) is 1. The van der Waals surface area contributed by atoms with Crippen molar-refractivity contribution in [3.05, 3.63) is 130 Å². The molecule has 0 aliphatic heterocycles. The van der Waals surface area contributed by atoms with Crippen LogP contribution in [-0.4, -0.2) is 43.8 Å². The summed E-state index contributed by atoms with van der Waals surface area (Å²) in [5.41, 5.74) is 2.64. The molecule has 7 nitrogen and oxygen atoms in total. The average Bonchev–Trinajstić information content (AvgIpc) is 3.07. The van der Waals surface area contributed by atoms with Crippen LogP contribution >= 0.6 is 23.2 Å². The molecule has 0 saturated carbocycles. The molecular formula is C36H39Cl2N3O4S. The lowest BCUT2D eigenvalue weighted by Gasteiger charge is -2.34. The van der Waals surface area contributed by atoms with E-state index in [0.717, 1.165) is 21.9 Å². The number of amides is 2. The second-order valence-corrected chi connectivity index (χ2v) is 13.8. The SMILES string of the molecule is CCc1ccc(N(CC(=O)N(Cc2c(Cl)cccc2Cl)C(Cc2ccccc2)C(=O)NC(C)CC)S(=O)(=O)c2ccccc2)cc1. The number of hydrogen-bond acceptors (Lipinski definition) is 4. The van der Waals surface area contributed by atoms with E-state index in [4.69, 9.17) is 23.2 Å². The summed E-state index contributed by atoms with van der Waals surface area (Å²) < 4.78 is 29.3. The minimum atomic E-state index is -4.19. The van der Waals surface area contributed by atoms with E-state index in [1.807, 2.05) is 63.2 Å². The molecule has 0 saturated heterocycles. The summed E-state index contributed by atoms with van der Waals surface area (Å²) in [6.07, 6.45) is 1.64. The Morgan fingerprint density at radius 1 is 0.783 bits per heavy atom. The van der Waals surface area contributed by atoms with Crippen molar-refractivity contribution in [2.75, 3.05) is 10.8 Å². The zero-order chi connectivity index (χ0) is 33.3. The summed E-state index contributed by atoms with van der Waals surface area (Å²) >= 11 is 13.2. The molecule has 0 heterocycles. The van der Waals surface area contributed by atoms with Crippen molar-refractivity contribution in [2.24, 2.45) is 0 Å². The lowest BCUT2D eigenvalue weighted by molar-refractivity contribution is -0.140. The molecular weight excluding hydrogens is 641 g/mol. The first-order valence-corrected chi connectivity index (χ1v) is 17.5. The molecule has 0 aliphatic carbocycles. The average molecular weight is 681 g/mol. The number of benzene rings is 4. The number of aryl methyl sites for hydroxylation is 1. The monoisotopic (exact) mass is 679 g/mol. The van der Waals surface area contributed by atoms with E-state index in [-0.39, 0.29) is 29.8 Å². The first-order chi connectivity index (χ1) is 22.0. The fraction of sp³-hybridized carbons (Fsp3) is 0.278. The third kappa shape index (κ3) is 8.69. The minimum Gasteiger partial charge on any atom is -0.352 e. The Hall–Kier alpha value is -3.85. The van der Waals surface area contributed by atoms with Gasteiger partial charge in [-0.3, -0.25) is 13.9 Å². The predicted octanol–water partition coefficient (Wildman–Crippen LogP) is 7.31. The maximum absolute atomic E-state index is 14.6. The Morgan fingerprint density at radius 2 is 1.37 bits per heavy atom. The number of carbonyl (C=O) groups excluding carboxylic acids is 2. The van der Waals surface area contributed by atoms with Crippen LogP contribution in [-0.2, 0) is 39.0 Å². The Balaban J connectivity index is 1.83. The lowest BCUT2D eigenvalue weighted by atomic mass is 10.0. The van der Waals surface area contributed by atoms with Crippen molar-refractivity contribution >= 4 is 50.7 Å². The van der Waals surface area contributed by atoms with E-state index in [1.54, 1.807) is 48.5 Å². The van der Waals surface area contributed by atoms with Crippen molar-refractivity contribution < 1.29 is 18.0 Å². The summed E-state index contributed by atoms with van der Waals surface area (Å²) in [5.74, 6) is -0.949. The van der Waals surface area contributed by atoms with E-state index in [9.17, 15) is 18.0 Å². The molecule has 2 amide bonds. The summed E-state index contributed by atoms with van der Waals surface area (Å²) in [5, 5.41) is 3.68. The van der Waals surface area contributed by atoms with Crippen LogP contribution in [0.1, 0.15) is 43.9 Å². The zero-order valence-electron chi connectivity index (χ0n) is 26.2. The van der Waals surface area contributed by atoms with Gasteiger partial charge in [-0.05, 0) is 67.3 Å². The van der Waals surface area contributed by atoms with Crippen molar-refractivity contribution in [3.63, 3.8) is 0 Å². The van der Waals surface area contributed by atoms with Crippen molar-refractivity contribution in [3.8, 4) is 0 Å². The summed E-state index contributed by atoms with van der Waals surface area (Å²) in [7, 11) is -4.19. The first kappa shape index (κ1) is 35.0. The Kier molecular flexibility index (Phi) is 12.3. The van der Waals surface area contributed by atoms with Crippen LogP contribution in [0.3, 0.4) is 0 Å². The smallest absolute Gasteiger partial charge is 0.264 e. The van der Waals surface area contributed by atoms with Gasteiger partial charge in [-0.1, -0.05) is 104 Å². The van der Waals surface area contributed by atoms with Crippen LogP contribution in [0.15, 0.2) is 108 Å². The van der Waals surface area contributed by atoms with E-state index in [1.165, 1.54) is 17.0 Å². The highest BCUT2D eigenvalue weighted by Gasteiger charge is 2.35. The van der Waals surface area contributed by atoms with Gasteiger partial charge >= 0.3 is 0 Å². The van der Waals surface area contributed by atoms with Crippen molar-refractivity contribution in [1.29, 1.82) is 0 Å². The summed E-state index contributed by atoms with van der Waals surface area (Å²) in [6, 6.07) is 28.3. The first-order valence-electron chi connectivity index (χ1n) is 15.3. The van der Waals surface area contributed by atoms with E-state index < -0.39 is 28.5 Å². The number of carbonyl (C=O) groups is 2. The minimum absolute atomic E-state index is 0.0402. The molecule has 10 heteroatoms.